The molecule has 0 heterocycles. The van der Waals surface area contributed by atoms with Crippen LogP contribution >= 0.6 is 0 Å². The monoisotopic (exact) mass is 240 g/mol. The summed E-state index contributed by atoms with van der Waals surface area (Å²) < 4.78 is 5.48. The molecule has 0 saturated heterocycles. The molecule has 0 aliphatic heterocycles. The highest BCUT2D eigenvalue weighted by atomic mass is 17.1. The van der Waals surface area contributed by atoms with E-state index < -0.39 is 0 Å². The average molecular weight is 240 g/mol. The van der Waals surface area contributed by atoms with Crippen molar-refractivity contribution in [3.05, 3.63) is 0 Å². The van der Waals surface area contributed by atoms with Crippen LogP contribution in [0.5, 0.6) is 0 Å². The quantitative estimate of drug-likeness (QED) is 0.368. The van der Waals surface area contributed by atoms with Crippen molar-refractivity contribution in [2.45, 2.75) is 75.3 Å². The first-order valence-corrected chi connectivity index (χ1v) is 4.73. The molecule has 3 heteroatoms. The Kier molecular flexibility index (Phi) is 45.0. The molecule has 0 aromatic carbocycles. The summed E-state index contributed by atoms with van der Waals surface area (Å²) in [6.45, 7) is 5.05. The van der Waals surface area contributed by atoms with Gasteiger partial charge in [-0.1, -0.05) is 56.4 Å². The second-order valence-corrected chi connectivity index (χ2v) is 2.90. The van der Waals surface area contributed by atoms with Gasteiger partial charge in [0.1, 0.15) is 6.61 Å². The van der Waals surface area contributed by atoms with E-state index in [0.29, 0.717) is 12.7 Å². The number of hydrogen-bond donors (Lipinski definition) is 1. The summed E-state index contributed by atoms with van der Waals surface area (Å²) in [6, 6.07) is 0. The molecule has 106 valence electrons. The zero-order valence-corrected chi connectivity index (χ0v) is 8.08. The standard InChI is InChI=1S/C9H20O3.4CH4/c1-3-5-9(6-4-2)11-7-8-12-10;;;;/h9-10H,3-8H2,1-2H3;4*1H4. The van der Waals surface area contributed by atoms with Crippen LogP contribution in [0.15, 0.2) is 0 Å². The van der Waals surface area contributed by atoms with E-state index in [2.05, 4.69) is 18.7 Å². The first kappa shape index (κ1) is 29.7. The van der Waals surface area contributed by atoms with Crippen LogP contribution < -0.4 is 0 Å². The maximum atomic E-state index is 8.06. The highest BCUT2D eigenvalue weighted by Gasteiger charge is 2.05. The van der Waals surface area contributed by atoms with Crippen molar-refractivity contribution < 1.29 is 14.9 Å². The van der Waals surface area contributed by atoms with Gasteiger partial charge in [0.2, 0.25) is 0 Å². The molecule has 0 amide bonds. The summed E-state index contributed by atoms with van der Waals surface area (Å²) >= 11 is 0. The first-order chi connectivity index (χ1) is 5.85. The van der Waals surface area contributed by atoms with Gasteiger partial charge in [0.15, 0.2) is 0 Å². The van der Waals surface area contributed by atoms with Crippen molar-refractivity contribution in [2.24, 2.45) is 0 Å². The van der Waals surface area contributed by atoms with E-state index in [1.165, 1.54) is 0 Å². The zero-order chi connectivity index (χ0) is 9.23. The summed E-state index contributed by atoms with van der Waals surface area (Å²) in [5.41, 5.74) is 0. The molecule has 1 N–H and O–H groups in total. The molecule has 0 spiro atoms. The molecule has 0 aromatic heterocycles. The Morgan fingerprint density at radius 3 is 1.62 bits per heavy atom. The van der Waals surface area contributed by atoms with Crippen LogP contribution in [0, 0.1) is 0 Å². The van der Waals surface area contributed by atoms with Crippen molar-refractivity contribution in [2.75, 3.05) is 13.2 Å². The van der Waals surface area contributed by atoms with E-state index in [1.54, 1.807) is 0 Å². The average Bonchev–Trinajstić information content (AvgIpc) is 2.06. The molecular formula is C13H36O3. The van der Waals surface area contributed by atoms with Gasteiger partial charge in [-0.05, 0) is 12.8 Å². The second-order valence-electron chi connectivity index (χ2n) is 2.90. The predicted octanol–water partition coefficient (Wildman–Crippen LogP) is 5.01. The number of rotatable bonds is 8. The van der Waals surface area contributed by atoms with Gasteiger partial charge in [-0.2, -0.15) is 0 Å². The van der Waals surface area contributed by atoms with Crippen LogP contribution in [0.2, 0.25) is 0 Å². The fourth-order valence-corrected chi connectivity index (χ4v) is 1.21. The molecule has 0 aliphatic rings. The van der Waals surface area contributed by atoms with Crippen molar-refractivity contribution >= 4 is 0 Å². The zero-order valence-electron chi connectivity index (χ0n) is 8.08. The van der Waals surface area contributed by atoms with E-state index in [9.17, 15) is 0 Å². The predicted molar refractivity (Wildman–Crippen MR) is 75.1 cm³/mol. The van der Waals surface area contributed by atoms with Crippen LogP contribution in [-0.4, -0.2) is 24.6 Å². The molecule has 0 bridgehead atoms. The van der Waals surface area contributed by atoms with E-state index in [4.69, 9.17) is 9.99 Å². The Hall–Kier alpha value is -0.120. The first-order valence-electron chi connectivity index (χ1n) is 4.73. The molecule has 0 aliphatic carbocycles. The summed E-state index contributed by atoms with van der Waals surface area (Å²) in [4.78, 5) is 3.92. The van der Waals surface area contributed by atoms with Crippen LogP contribution in [0.25, 0.3) is 0 Å². The topological polar surface area (TPSA) is 38.7 Å². The third-order valence-electron chi connectivity index (χ3n) is 1.75. The molecule has 0 saturated carbocycles. The Morgan fingerprint density at radius 1 is 0.875 bits per heavy atom. The molecular weight excluding hydrogens is 204 g/mol. The summed E-state index contributed by atoms with van der Waals surface area (Å²) in [5, 5.41) is 8.06. The SMILES string of the molecule is C.C.C.C.CCCC(CCC)OCCOO. The van der Waals surface area contributed by atoms with Crippen molar-refractivity contribution in [1.29, 1.82) is 0 Å². The van der Waals surface area contributed by atoms with Gasteiger partial charge in [0.25, 0.3) is 0 Å². The lowest BCUT2D eigenvalue weighted by atomic mass is 10.1. The van der Waals surface area contributed by atoms with Gasteiger partial charge >= 0.3 is 0 Å². The molecule has 0 fully saturated rings. The third kappa shape index (κ3) is 19.5. The van der Waals surface area contributed by atoms with E-state index in [-0.39, 0.29) is 36.3 Å². The lowest BCUT2D eigenvalue weighted by molar-refractivity contribution is -0.251. The van der Waals surface area contributed by atoms with Crippen molar-refractivity contribution in [1.82, 2.24) is 0 Å². The van der Waals surface area contributed by atoms with Crippen LogP contribution in [0.4, 0.5) is 0 Å². The third-order valence-corrected chi connectivity index (χ3v) is 1.75. The Morgan fingerprint density at radius 2 is 1.31 bits per heavy atom. The lowest BCUT2D eigenvalue weighted by Gasteiger charge is -2.15. The number of ether oxygens (including phenoxy) is 1. The highest BCUT2D eigenvalue weighted by molar-refractivity contribution is 4.55. The highest BCUT2D eigenvalue weighted by Crippen LogP contribution is 2.08. The minimum Gasteiger partial charge on any atom is -0.376 e. The van der Waals surface area contributed by atoms with Crippen LogP contribution in [-0.2, 0) is 9.62 Å². The van der Waals surface area contributed by atoms with Crippen molar-refractivity contribution in [3.63, 3.8) is 0 Å². The maximum Gasteiger partial charge on any atom is 0.105 e. The molecule has 0 aromatic rings. The van der Waals surface area contributed by atoms with Gasteiger partial charge in [-0.15, -0.1) is 0 Å². The summed E-state index contributed by atoms with van der Waals surface area (Å²) in [7, 11) is 0. The fraction of sp³-hybridized carbons (Fsp3) is 1.00. The minimum atomic E-state index is 0. The Balaban J connectivity index is -0.000000101. The molecule has 16 heavy (non-hydrogen) atoms. The van der Waals surface area contributed by atoms with E-state index in [0.717, 1.165) is 25.7 Å². The van der Waals surface area contributed by atoms with Crippen LogP contribution in [0.1, 0.15) is 69.2 Å². The molecule has 0 unspecified atom stereocenters. The second kappa shape index (κ2) is 24.2. The molecule has 0 atom stereocenters. The van der Waals surface area contributed by atoms with E-state index >= 15 is 0 Å². The van der Waals surface area contributed by atoms with Gasteiger partial charge in [0.05, 0.1) is 12.7 Å². The molecule has 0 radical (unpaired) electrons. The van der Waals surface area contributed by atoms with Crippen LogP contribution in [0.3, 0.4) is 0 Å². The van der Waals surface area contributed by atoms with Gasteiger partial charge < -0.3 is 4.74 Å². The molecule has 3 nitrogen and oxygen atoms in total. The Bertz CT molecular complexity index is 81.2. The largest absolute Gasteiger partial charge is 0.376 e. The maximum absolute atomic E-state index is 8.06. The van der Waals surface area contributed by atoms with E-state index in [1.807, 2.05) is 0 Å². The summed E-state index contributed by atoms with van der Waals surface area (Å²) in [6.07, 6.45) is 4.82. The summed E-state index contributed by atoms with van der Waals surface area (Å²) in [5.74, 6) is 0. The van der Waals surface area contributed by atoms with Gasteiger partial charge in [-0.25, -0.2) is 4.89 Å². The van der Waals surface area contributed by atoms with Gasteiger partial charge in [-0.3, -0.25) is 5.26 Å². The van der Waals surface area contributed by atoms with Gasteiger partial charge in [0, 0.05) is 0 Å². The lowest BCUT2D eigenvalue weighted by Crippen LogP contribution is -2.15. The minimum absolute atomic E-state index is 0. The fourth-order valence-electron chi connectivity index (χ4n) is 1.21. The normalized spacial score (nSPS) is 8.25. The Labute approximate surface area is 104 Å². The van der Waals surface area contributed by atoms with Crippen molar-refractivity contribution in [3.8, 4) is 0 Å². The smallest absolute Gasteiger partial charge is 0.105 e. The molecule has 0 rings (SSSR count). The number of hydrogen-bond acceptors (Lipinski definition) is 3.